The smallest absolute Gasteiger partial charge is 0.225 e. The first-order valence-electron chi connectivity index (χ1n) is 10.0. The second-order valence-electron chi connectivity index (χ2n) is 7.34. The Labute approximate surface area is 189 Å². The van der Waals surface area contributed by atoms with E-state index in [1.165, 1.54) is 11.3 Å². The Bertz CT molecular complexity index is 640. The van der Waals surface area contributed by atoms with Gasteiger partial charge in [0, 0.05) is 76.3 Å². The fraction of sp³-hybridized carbons (Fsp3) is 0.737. The number of hydrogen-bond acceptors (Lipinski definition) is 5. The summed E-state index contributed by atoms with van der Waals surface area (Å²) in [7, 11) is 1.80. The number of thiazole rings is 1. The second-order valence-corrected chi connectivity index (χ2v) is 8.65. The number of halogens is 1. The molecule has 0 radical (unpaired) electrons. The van der Waals surface area contributed by atoms with Crippen molar-refractivity contribution < 1.29 is 4.79 Å². The summed E-state index contributed by atoms with van der Waals surface area (Å²) in [4.78, 5) is 26.7. The molecule has 9 heteroatoms. The lowest BCUT2D eigenvalue weighted by molar-refractivity contribution is -0.139. The molecule has 28 heavy (non-hydrogen) atoms. The van der Waals surface area contributed by atoms with Crippen LogP contribution in [0.15, 0.2) is 11.2 Å². The van der Waals surface area contributed by atoms with Gasteiger partial charge in [0.05, 0.1) is 5.01 Å². The fourth-order valence-corrected chi connectivity index (χ4v) is 4.25. The first-order valence-corrected chi connectivity index (χ1v) is 10.8. The lowest BCUT2D eigenvalue weighted by Crippen LogP contribution is -2.52. The number of rotatable bonds is 7. The van der Waals surface area contributed by atoms with Crippen molar-refractivity contribution in [1.29, 1.82) is 0 Å². The fourth-order valence-electron chi connectivity index (χ4n) is 3.46. The van der Waals surface area contributed by atoms with E-state index in [4.69, 9.17) is 0 Å². The zero-order valence-electron chi connectivity index (χ0n) is 16.9. The Morgan fingerprint density at radius 3 is 2.54 bits per heavy atom. The molecule has 0 bridgehead atoms. The quantitative estimate of drug-likeness (QED) is 0.326. The maximum absolute atomic E-state index is 12.3. The number of aromatic nitrogens is 1. The lowest BCUT2D eigenvalue weighted by atomic mass is 9.84. The molecule has 7 nitrogen and oxygen atoms in total. The maximum Gasteiger partial charge on any atom is 0.225 e. The number of amides is 1. The van der Waals surface area contributed by atoms with Gasteiger partial charge >= 0.3 is 0 Å². The van der Waals surface area contributed by atoms with Crippen molar-refractivity contribution in [2.75, 3.05) is 52.9 Å². The van der Waals surface area contributed by atoms with Gasteiger partial charge in [-0.15, -0.1) is 35.3 Å². The van der Waals surface area contributed by atoms with Gasteiger partial charge in [0.25, 0.3) is 0 Å². The first-order chi connectivity index (χ1) is 13.2. The van der Waals surface area contributed by atoms with Gasteiger partial charge < -0.3 is 15.5 Å². The highest BCUT2D eigenvalue weighted by atomic mass is 127. The Morgan fingerprint density at radius 1 is 1.25 bits per heavy atom. The van der Waals surface area contributed by atoms with Gasteiger partial charge in [0.1, 0.15) is 0 Å². The normalized spacial score (nSPS) is 18.4. The highest BCUT2D eigenvalue weighted by Gasteiger charge is 2.30. The molecule has 0 atom stereocenters. The molecule has 1 saturated heterocycles. The summed E-state index contributed by atoms with van der Waals surface area (Å²) in [5.41, 5.74) is 0. The predicted molar refractivity (Wildman–Crippen MR) is 126 cm³/mol. The molecule has 0 unspecified atom stereocenters. The molecule has 2 N–H and O–H groups in total. The van der Waals surface area contributed by atoms with Gasteiger partial charge in [-0.25, -0.2) is 4.98 Å². The highest BCUT2D eigenvalue weighted by Crippen LogP contribution is 2.28. The van der Waals surface area contributed by atoms with E-state index in [-0.39, 0.29) is 24.0 Å². The number of nitrogens with one attached hydrogen (secondary N) is 2. The van der Waals surface area contributed by atoms with Gasteiger partial charge in [-0.05, 0) is 19.8 Å². The van der Waals surface area contributed by atoms with Crippen LogP contribution in [-0.4, -0.2) is 79.5 Å². The molecular weight excluding hydrogens is 487 g/mol. The molecule has 2 aliphatic rings. The van der Waals surface area contributed by atoms with E-state index in [2.05, 4.69) is 37.3 Å². The zero-order chi connectivity index (χ0) is 19.1. The van der Waals surface area contributed by atoms with Crippen molar-refractivity contribution in [2.45, 2.75) is 32.6 Å². The molecule has 3 rings (SSSR count). The number of hydrogen-bond donors (Lipinski definition) is 2. The van der Waals surface area contributed by atoms with Crippen LogP contribution in [0.2, 0.25) is 0 Å². The monoisotopic (exact) mass is 520 g/mol. The van der Waals surface area contributed by atoms with Crippen LogP contribution in [0.4, 0.5) is 0 Å². The minimum Gasteiger partial charge on any atom is -0.356 e. The number of aryl methyl sites for hydroxylation is 1. The van der Waals surface area contributed by atoms with E-state index < -0.39 is 0 Å². The third kappa shape index (κ3) is 6.84. The minimum atomic E-state index is 0. The standard InChI is InChI=1S/C19H32N6OS.HI/c1-15-14-23-17(27-15)6-7-21-19(20-2)22-8-9-24-10-12-25(13-11-24)18(26)16-4-3-5-16;/h14,16H,3-13H2,1-2H3,(H2,20,21,22);1H. The van der Waals surface area contributed by atoms with E-state index in [1.54, 1.807) is 18.4 Å². The Morgan fingerprint density at radius 2 is 1.96 bits per heavy atom. The molecule has 2 fully saturated rings. The van der Waals surface area contributed by atoms with Crippen LogP contribution < -0.4 is 10.6 Å². The van der Waals surface area contributed by atoms with E-state index in [9.17, 15) is 4.79 Å². The molecular formula is C19H33IN6OS. The van der Waals surface area contributed by atoms with Crippen LogP contribution >= 0.6 is 35.3 Å². The molecule has 2 heterocycles. The van der Waals surface area contributed by atoms with Gasteiger partial charge in [0.2, 0.25) is 5.91 Å². The van der Waals surface area contributed by atoms with Crippen LogP contribution in [0.25, 0.3) is 0 Å². The number of piperazine rings is 1. The number of nitrogens with zero attached hydrogens (tertiary/aromatic N) is 4. The Balaban J connectivity index is 0.00000280. The van der Waals surface area contributed by atoms with Crippen LogP contribution in [0, 0.1) is 12.8 Å². The number of aliphatic imine (C=N–C) groups is 1. The van der Waals surface area contributed by atoms with Gasteiger partial charge in [-0.2, -0.15) is 0 Å². The SMILES string of the molecule is CN=C(NCCc1ncc(C)s1)NCCN1CCN(C(=O)C2CCC2)CC1.I. The molecule has 1 amide bonds. The van der Waals surface area contributed by atoms with Gasteiger partial charge in [0.15, 0.2) is 5.96 Å². The van der Waals surface area contributed by atoms with Crippen LogP contribution in [0.1, 0.15) is 29.1 Å². The molecule has 1 aliphatic heterocycles. The summed E-state index contributed by atoms with van der Waals surface area (Å²) in [5.74, 6) is 1.54. The molecule has 0 aromatic carbocycles. The van der Waals surface area contributed by atoms with E-state index in [1.807, 2.05) is 6.20 Å². The van der Waals surface area contributed by atoms with Crippen molar-refractivity contribution in [1.82, 2.24) is 25.4 Å². The van der Waals surface area contributed by atoms with Crippen molar-refractivity contribution in [3.05, 3.63) is 16.1 Å². The molecule has 1 saturated carbocycles. The maximum atomic E-state index is 12.3. The third-order valence-electron chi connectivity index (χ3n) is 5.38. The summed E-state index contributed by atoms with van der Waals surface area (Å²) in [6, 6.07) is 0. The van der Waals surface area contributed by atoms with Gasteiger partial charge in [-0.3, -0.25) is 14.7 Å². The summed E-state index contributed by atoms with van der Waals surface area (Å²) in [5, 5.41) is 7.88. The Hall–Kier alpha value is -0.940. The highest BCUT2D eigenvalue weighted by molar-refractivity contribution is 14.0. The molecule has 1 aromatic rings. The van der Waals surface area contributed by atoms with Gasteiger partial charge in [-0.1, -0.05) is 6.42 Å². The molecule has 1 aliphatic carbocycles. The summed E-state index contributed by atoms with van der Waals surface area (Å²) in [6.07, 6.45) is 6.25. The molecule has 0 spiro atoms. The largest absolute Gasteiger partial charge is 0.356 e. The average Bonchev–Trinajstić information content (AvgIpc) is 3.04. The summed E-state index contributed by atoms with van der Waals surface area (Å²) in [6.45, 7) is 8.41. The summed E-state index contributed by atoms with van der Waals surface area (Å²) < 4.78 is 0. The lowest BCUT2D eigenvalue weighted by Gasteiger charge is -2.38. The van der Waals surface area contributed by atoms with E-state index in [0.29, 0.717) is 11.8 Å². The minimum absolute atomic E-state index is 0. The van der Waals surface area contributed by atoms with Crippen molar-refractivity contribution in [2.24, 2.45) is 10.9 Å². The topological polar surface area (TPSA) is 72.9 Å². The van der Waals surface area contributed by atoms with E-state index >= 15 is 0 Å². The van der Waals surface area contributed by atoms with Crippen molar-refractivity contribution in [3.8, 4) is 0 Å². The zero-order valence-corrected chi connectivity index (χ0v) is 20.1. The summed E-state index contributed by atoms with van der Waals surface area (Å²) >= 11 is 1.75. The number of carbonyl (C=O) groups excluding carboxylic acids is 1. The first kappa shape index (κ1) is 23.3. The van der Waals surface area contributed by atoms with Crippen LogP contribution in [0.5, 0.6) is 0 Å². The number of carbonyl (C=O) groups is 1. The number of guanidine groups is 1. The van der Waals surface area contributed by atoms with Crippen molar-refractivity contribution >= 4 is 47.2 Å². The average molecular weight is 520 g/mol. The van der Waals surface area contributed by atoms with Crippen LogP contribution in [0.3, 0.4) is 0 Å². The predicted octanol–water partition coefficient (Wildman–Crippen LogP) is 1.72. The molecule has 1 aromatic heterocycles. The van der Waals surface area contributed by atoms with E-state index in [0.717, 1.165) is 76.0 Å². The third-order valence-corrected chi connectivity index (χ3v) is 6.36. The van der Waals surface area contributed by atoms with Crippen molar-refractivity contribution in [3.63, 3.8) is 0 Å². The second kappa shape index (κ2) is 11.9. The molecule has 158 valence electrons. The Kier molecular flexibility index (Phi) is 9.93. The van der Waals surface area contributed by atoms with Crippen LogP contribution in [-0.2, 0) is 11.2 Å².